The number of thioether (sulfide) groups is 1. The van der Waals surface area contributed by atoms with Crippen molar-refractivity contribution in [1.29, 1.82) is 0 Å². The lowest BCUT2D eigenvalue weighted by Crippen LogP contribution is -2.29. The first kappa shape index (κ1) is 17.0. The standard InChI is InChI=1S/C19H21FN2OS/c1-13(12-24-18-6-4-17(20)5-7-18)19(23)22-9-14-2-3-15-10-21-11-16(15)8-14/h2-8,13,21H,9-12H2,1H3,(H,22,23). The van der Waals surface area contributed by atoms with Crippen LogP contribution in [0.2, 0.25) is 0 Å². The van der Waals surface area contributed by atoms with Gasteiger partial charge < -0.3 is 10.6 Å². The van der Waals surface area contributed by atoms with Gasteiger partial charge in [0.2, 0.25) is 5.91 Å². The van der Waals surface area contributed by atoms with Crippen LogP contribution >= 0.6 is 11.8 Å². The molecule has 0 saturated heterocycles. The number of halogens is 1. The normalized spacial score (nSPS) is 14.2. The fourth-order valence-corrected chi connectivity index (χ4v) is 3.57. The van der Waals surface area contributed by atoms with Crippen LogP contribution in [0.3, 0.4) is 0 Å². The molecule has 0 aliphatic carbocycles. The van der Waals surface area contributed by atoms with Crippen molar-refractivity contribution in [1.82, 2.24) is 10.6 Å². The molecule has 1 atom stereocenters. The topological polar surface area (TPSA) is 41.1 Å². The van der Waals surface area contributed by atoms with Crippen LogP contribution in [0.5, 0.6) is 0 Å². The monoisotopic (exact) mass is 344 g/mol. The Labute approximate surface area is 146 Å². The van der Waals surface area contributed by atoms with Gasteiger partial charge in [0.1, 0.15) is 5.82 Å². The summed E-state index contributed by atoms with van der Waals surface area (Å²) in [5, 5.41) is 6.32. The van der Waals surface area contributed by atoms with E-state index < -0.39 is 0 Å². The average Bonchev–Trinajstić information content (AvgIpc) is 3.06. The van der Waals surface area contributed by atoms with E-state index in [2.05, 4.69) is 28.8 Å². The summed E-state index contributed by atoms with van der Waals surface area (Å²) in [6, 6.07) is 12.7. The molecule has 1 amide bonds. The number of amides is 1. The lowest BCUT2D eigenvalue weighted by Gasteiger charge is -2.12. The van der Waals surface area contributed by atoms with Crippen LogP contribution in [0.25, 0.3) is 0 Å². The summed E-state index contributed by atoms with van der Waals surface area (Å²) in [5.41, 5.74) is 3.79. The molecule has 1 aliphatic heterocycles. The van der Waals surface area contributed by atoms with Crippen LogP contribution in [-0.4, -0.2) is 11.7 Å². The molecule has 0 bridgehead atoms. The van der Waals surface area contributed by atoms with Crippen molar-refractivity contribution in [2.75, 3.05) is 5.75 Å². The summed E-state index contributed by atoms with van der Waals surface area (Å²) in [4.78, 5) is 13.2. The van der Waals surface area contributed by atoms with E-state index in [0.29, 0.717) is 12.3 Å². The Kier molecular flexibility index (Phi) is 5.53. The Morgan fingerprint density at radius 3 is 2.75 bits per heavy atom. The van der Waals surface area contributed by atoms with Gasteiger partial charge in [0.25, 0.3) is 0 Å². The molecule has 3 rings (SSSR count). The fourth-order valence-electron chi connectivity index (χ4n) is 2.65. The fraction of sp³-hybridized carbons (Fsp3) is 0.316. The maximum Gasteiger partial charge on any atom is 0.223 e. The first-order valence-corrected chi connectivity index (χ1v) is 9.08. The van der Waals surface area contributed by atoms with Crippen molar-refractivity contribution in [3.05, 3.63) is 65.0 Å². The van der Waals surface area contributed by atoms with E-state index in [4.69, 9.17) is 0 Å². The predicted octanol–water partition coefficient (Wildman–Crippen LogP) is 3.47. The molecular formula is C19H21FN2OS. The zero-order valence-electron chi connectivity index (χ0n) is 13.6. The molecule has 2 N–H and O–H groups in total. The van der Waals surface area contributed by atoms with E-state index in [1.165, 1.54) is 23.3 Å². The van der Waals surface area contributed by atoms with Crippen LogP contribution in [0, 0.1) is 11.7 Å². The van der Waals surface area contributed by atoms with Gasteiger partial charge in [-0.15, -0.1) is 11.8 Å². The number of carbonyl (C=O) groups is 1. The number of carbonyl (C=O) groups excluding carboxylic acids is 1. The molecule has 0 saturated carbocycles. The van der Waals surface area contributed by atoms with Crippen LogP contribution < -0.4 is 10.6 Å². The molecule has 0 fully saturated rings. The summed E-state index contributed by atoms with van der Waals surface area (Å²) in [7, 11) is 0. The number of rotatable bonds is 6. The van der Waals surface area contributed by atoms with Gasteiger partial charge in [-0.25, -0.2) is 4.39 Å². The number of hydrogen-bond acceptors (Lipinski definition) is 3. The van der Waals surface area contributed by atoms with Crippen molar-refractivity contribution in [2.24, 2.45) is 5.92 Å². The van der Waals surface area contributed by atoms with Gasteiger partial charge in [-0.05, 0) is 41.0 Å². The van der Waals surface area contributed by atoms with Crippen LogP contribution in [0.1, 0.15) is 23.6 Å². The predicted molar refractivity (Wildman–Crippen MR) is 95.1 cm³/mol. The molecule has 1 heterocycles. The molecule has 126 valence electrons. The van der Waals surface area contributed by atoms with Gasteiger partial charge in [-0.3, -0.25) is 4.79 Å². The van der Waals surface area contributed by atoms with Crippen LogP contribution in [0.4, 0.5) is 4.39 Å². The van der Waals surface area contributed by atoms with E-state index in [9.17, 15) is 9.18 Å². The van der Waals surface area contributed by atoms with Crippen molar-refractivity contribution in [3.8, 4) is 0 Å². The van der Waals surface area contributed by atoms with Gasteiger partial charge in [0.05, 0.1) is 0 Å². The first-order chi connectivity index (χ1) is 11.6. The molecule has 5 heteroatoms. The second-order valence-electron chi connectivity index (χ2n) is 6.09. The summed E-state index contributed by atoms with van der Waals surface area (Å²) in [6.07, 6.45) is 0. The zero-order chi connectivity index (χ0) is 16.9. The third kappa shape index (κ3) is 4.36. The van der Waals surface area contributed by atoms with E-state index >= 15 is 0 Å². The van der Waals surface area contributed by atoms with Crippen molar-refractivity contribution in [2.45, 2.75) is 31.5 Å². The Balaban J connectivity index is 1.46. The molecule has 0 spiro atoms. The van der Waals surface area contributed by atoms with E-state index in [1.54, 1.807) is 23.9 Å². The second-order valence-corrected chi connectivity index (χ2v) is 7.18. The number of fused-ring (bicyclic) bond motifs is 1. The third-order valence-electron chi connectivity index (χ3n) is 4.13. The van der Waals surface area contributed by atoms with Gasteiger partial charge >= 0.3 is 0 Å². The minimum atomic E-state index is -0.241. The molecule has 0 aromatic heterocycles. The molecule has 2 aromatic carbocycles. The second kappa shape index (κ2) is 7.81. The van der Waals surface area contributed by atoms with Crippen LogP contribution in [-0.2, 0) is 24.4 Å². The molecule has 1 aliphatic rings. The van der Waals surface area contributed by atoms with Gasteiger partial charge in [-0.1, -0.05) is 25.1 Å². The summed E-state index contributed by atoms with van der Waals surface area (Å²) in [6.45, 7) is 4.30. The molecule has 1 unspecified atom stereocenters. The van der Waals surface area contributed by atoms with Gasteiger partial charge in [-0.2, -0.15) is 0 Å². The zero-order valence-corrected chi connectivity index (χ0v) is 14.5. The lowest BCUT2D eigenvalue weighted by atomic mass is 10.1. The Morgan fingerprint density at radius 2 is 1.96 bits per heavy atom. The summed E-state index contributed by atoms with van der Waals surface area (Å²) in [5.74, 6) is 0.375. The summed E-state index contributed by atoms with van der Waals surface area (Å²) < 4.78 is 12.9. The third-order valence-corrected chi connectivity index (χ3v) is 5.40. The highest BCUT2D eigenvalue weighted by atomic mass is 32.2. The van der Waals surface area contributed by atoms with E-state index in [-0.39, 0.29) is 17.6 Å². The largest absolute Gasteiger partial charge is 0.352 e. The smallest absolute Gasteiger partial charge is 0.223 e. The quantitative estimate of drug-likeness (QED) is 0.789. The lowest BCUT2D eigenvalue weighted by molar-refractivity contribution is -0.124. The average molecular weight is 344 g/mol. The number of hydrogen-bond donors (Lipinski definition) is 2. The van der Waals surface area contributed by atoms with Gasteiger partial charge in [0, 0.05) is 36.2 Å². The Bertz CT molecular complexity index is 718. The maximum absolute atomic E-state index is 12.9. The van der Waals surface area contributed by atoms with Crippen molar-refractivity contribution in [3.63, 3.8) is 0 Å². The Hall–Kier alpha value is -1.85. The minimum Gasteiger partial charge on any atom is -0.352 e. The minimum absolute atomic E-state index is 0.0447. The van der Waals surface area contributed by atoms with E-state index in [1.807, 2.05) is 6.92 Å². The first-order valence-electron chi connectivity index (χ1n) is 8.09. The van der Waals surface area contributed by atoms with Crippen molar-refractivity contribution < 1.29 is 9.18 Å². The number of nitrogens with one attached hydrogen (secondary N) is 2. The summed E-state index contributed by atoms with van der Waals surface area (Å²) >= 11 is 1.57. The highest BCUT2D eigenvalue weighted by Crippen LogP contribution is 2.21. The molecule has 24 heavy (non-hydrogen) atoms. The number of benzene rings is 2. The van der Waals surface area contributed by atoms with E-state index in [0.717, 1.165) is 23.5 Å². The molecule has 3 nitrogen and oxygen atoms in total. The molecule has 2 aromatic rings. The van der Waals surface area contributed by atoms with Crippen molar-refractivity contribution >= 4 is 17.7 Å². The highest BCUT2D eigenvalue weighted by Gasteiger charge is 2.14. The Morgan fingerprint density at radius 1 is 1.21 bits per heavy atom. The molecular weight excluding hydrogens is 323 g/mol. The van der Waals surface area contributed by atoms with Gasteiger partial charge in [0.15, 0.2) is 0 Å². The highest BCUT2D eigenvalue weighted by molar-refractivity contribution is 7.99. The molecule has 0 radical (unpaired) electrons. The van der Waals surface area contributed by atoms with Crippen LogP contribution in [0.15, 0.2) is 47.4 Å². The SMILES string of the molecule is CC(CSc1ccc(F)cc1)C(=O)NCc1ccc2c(c1)CNC2. The maximum atomic E-state index is 12.9.